The van der Waals surface area contributed by atoms with Crippen LogP contribution in [0.2, 0.25) is 0 Å². The third kappa shape index (κ3) is 3.83. The molecule has 0 radical (unpaired) electrons. The minimum Gasteiger partial charge on any atom is -0.463 e. The van der Waals surface area contributed by atoms with Gasteiger partial charge >= 0.3 is 0 Å². The molecule has 28 heavy (non-hydrogen) atoms. The molecule has 0 aliphatic rings. The highest BCUT2D eigenvalue weighted by molar-refractivity contribution is 5.87. The van der Waals surface area contributed by atoms with Crippen LogP contribution in [0.3, 0.4) is 0 Å². The first-order chi connectivity index (χ1) is 13.8. The first kappa shape index (κ1) is 17.7. The Labute approximate surface area is 163 Å². The van der Waals surface area contributed by atoms with Crippen molar-refractivity contribution in [3.8, 4) is 11.5 Å². The summed E-state index contributed by atoms with van der Waals surface area (Å²) >= 11 is 0. The fourth-order valence-electron chi connectivity index (χ4n) is 3.17. The van der Waals surface area contributed by atoms with Crippen LogP contribution in [0.5, 0.6) is 0 Å². The molecule has 0 aliphatic carbocycles. The molecule has 0 bridgehead atoms. The maximum atomic E-state index is 13.1. The number of aromatic nitrogens is 2. The van der Waals surface area contributed by atoms with E-state index in [-0.39, 0.29) is 12.5 Å². The van der Waals surface area contributed by atoms with Gasteiger partial charge in [0.1, 0.15) is 5.69 Å². The fourth-order valence-corrected chi connectivity index (χ4v) is 3.17. The predicted octanol–water partition coefficient (Wildman–Crippen LogP) is 4.18. The number of nitrogens with zero attached hydrogens (tertiary/aromatic N) is 2. The van der Waals surface area contributed by atoms with Crippen LogP contribution in [0.25, 0.3) is 11.5 Å². The maximum absolute atomic E-state index is 13.1. The van der Waals surface area contributed by atoms with Gasteiger partial charge in [-0.25, -0.2) is 4.98 Å². The fraction of sp³-hybridized carbons (Fsp3) is 0.0870. The lowest BCUT2D eigenvalue weighted by Crippen LogP contribution is -2.30. The van der Waals surface area contributed by atoms with E-state index >= 15 is 0 Å². The Morgan fingerprint density at radius 1 is 0.857 bits per heavy atom. The number of nitrogens with one attached hydrogen (secondary N) is 1. The van der Waals surface area contributed by atoms with Crippen molar-refractivity contribution in [2.75, 3.05) is 0 Å². The number of carbonyl (C=O) groups is 1. The maximum Gasteiger partial charge on any atom is 0.232 e. The van der Waals surface area contributed by atoms with E-state index < -0.39 is 5.92 Å². The number of hydrogen-bond acceptors (Lipinski definition) is 4. The first-order valence-electron chi connectivity index (χ1n) is 9.04. The molecule has 4 rings (SSSR count). The Bertz CT molecular complexity index is 992. The SMILES string of the molecule is O=C(NCc1nccnc1-c1ccco1)C(c1ccccc1)c1ccccc1. The summed E-state index contributed by atoms with van der Waals surface area (Å²) in [6, 6.07) is 23.1. The lowest BCUT2D eigenvalue weighted by Gasteiger charge is -2.18. The van der Waals surface area contributed by atoms with Gasteiger partial charge in [0.2, 0.25) is 5.91 Å². The van der Waals surface area contributed by atoms with Gasteiger partial charge in [-0.1, -0.05) is 60.7 Å². The predicted molar refractivity (Wildman–Crippen MR) is 106 cm³/mol. The molecule has 0 fully saturated rings. The summed E-state index contributed by atoms with van der Waals surface area (Å²) < 4.78 is 5.44. The standard InChI is InChI=1S/C23H19N3O2/c27-23(21(17-8-3-1-4-9-17)18-10-5-2-6-11-18)26-16-19-22(25-14-13-24-19)20-12-7-15-28-20/h1-15,21H,16H2,(H,26,27). The number of benzene rings is 2. The summed E-state index contributed by atoms with van der Waals surface area (Å²) in [6.07, 6.45) is 4.81. The summed E-state index contributed by atoms with van der Waals surface area (Å²) in [5.74, 6) is 0.139. The quantitative estimate of drug-likeness (QED) is 0.553. The van der Waals surface area contributed by atoms with Crippen LogP contribution in [0.4, 0.5) is 0 Å². The molecule has 2 aromatic carbocycles. The molecule has 0 aliphatic heterocycles. The van der Waals surface area contributed by atoms with Crippen molar-refractivity contribution in [2.24, 2.45) is 0 Å². The van der Waals surface area contributed by atoms with Crippen molar-refractivity contribution in [1.82, 2.24) is 15.3 Å². The van der Waals surface area contributed by atoms with Gasteiger partial charge in [0.05, 0.1) is 24.4 Å². The lowest BCUT2D eigenvalue weighted by molar-refractivity contribution is -0.121. The molecule has 0 saturated carbocycles. The lowest BCUT2D eigenvalue weighted by atomic mass is 9.90. The molecule has 1 N–H and O–H groups in total. The second kappa shape index (κ2) is 8.31. The van der Waals surface area contributed by atoms with E-state index in [1.807, 2.05) is 66.7 Å². The van der Waals surface area contributed by atoms with E-state index in [2.05, 4.69) is 15.3 Å². The largest absolute Gasteiger partial charge is 0.463 e. The van der Waals surface area contributed by atoms with Gasteiger partial charge in [-0.3, -0.25) is 9.78 Å². The third-order valence-corrected chi connectivity index (χ3v) is 4.49. The molecular weight excluding hydrogens is 350 g/mol. The molecule has 0 atom stereocenters. The molecule has 5 heteroatoms. The average Bonchev–Trinajstić information content (AvgIpc) is 3.29. The Kier molecular flexibility index (Phi) is 5.24. The van der Waals surface area contributed by atoms with Crippen LogP contribution < -0.4 is 5.32 Å². The summed E-state index contributed by atoms with van der Waals surface area (Å²) in [5.41, 5.74) is 3.17. The normalized spacial score (nSPS) is 10.8. The Morgan fingerprint density at radius 2 is 1.50 bits per heavy atom. The zero-order chi connectivity index (χ0) is 19.2. The first-order valence-corrected chi connectivity index (χ1v) is 9.04. The monoisotopic (exact) mass is 369 g/mol. The minimum absolute atomic E-state index is 0.0894. The molecule has 2 heterocycles. The van der Waals surface area contributed by atoms with E-state index in [4.69, 9.17) is 4.42 Å². The highest BCUT2D eigenvalue weighted by Gasteiger charge is 2.23. The van der Waals surface area contributed by atoms with Crippen molar-refractivity contribution < 1.29 is 9.21 Å². The van der Waals surface area contributed by atoms with Gasteiger partial charge in [0, 0.05) is 12.4 Å². The van der Waals surface area contributed by atoms with E-state index in [1.54, 1.807) is 24.7 Å². The van der Waals surface area contributed by atoms with Crippen LogP contribution in [0.15, 0.2) is 95.9 Å². The van der Waals surface area contributed by atoms with Crippen LogP contribution in [0.1, 0.15) is 22.7 Å². The van der Waals surface area contributed by atoms with E-state index in [0.717, 1.165) is 11.1 Å². The highest BCUT2D eigenvalue weighted by atomic mass is 16.3. The van der Waals surface area contributed by atoms with Crippen molar-refractivity contribution in [3.05, 3.63) is 108 Å². The number of amides is 1. The average molecular weight is 369 g/mol. The Balaban J connectivity index is 1.58. The molecule has 5 nitrogen and oxygen atoms in total. The molecule has 0 saturated heterocycles. The van der Waals surface area contributed by atoms with Crippen molar-refractivity contribution in [3.63, 3.8) is 0 Å². The Morgan fingerprint density at radius 3 is 2.11 bits per heavy atom. The van der Waals surface area contributed by atoms with Gasteiger partial charge in [-0.15, -0.1) is 0 Å². The van der Waals surface area contributed by atoms with Crippen molar-refractivity contribution >= 4 is 5.91 Å². The molecule has 2 aromatic heterocycles. The van der Waals surface area contributed by atoms with Crippen molar-refractivity contribution in [1.29, 1.82) is 0 Å². The van der Waals surface area contributed by atoms with Crippen LogP contribution in [0, 0.1) is 0 Å². The van der Waals surface area contributed by atoms with Gasteiger partial charge in [-0.05, 0) is 23.3 Å². The van der Waals surface area contributed by atoms with Gasteiger partial charge < -0.3 is 9.73 Å². The minimum atomic E-state index is -0.397. The van der Waals surface area contributed by atoms with E-state index in [1.165, 1.54) is 0 Å². The number of furan rings is 1. The number of rotatable bonds is 6. The second-order valence-corrected chi connectivity index (χ2v) is 6.30. The van der Waals surface area contributed by atoms with E-state index in [0.29, 0.717) is 17.1 Å². The zero-order valence-electron chi connectivity index (χ0n) is 15.2. The third-order valence-electron chi connectivity index (χ3n) is 4.49. The summed E-state index contributed by atoms with van der Waals surface area (Å²) in [6.45, 7) is 0.263. The molecule has 1 amide bonds. The molecular formula is C23H19N3O2. The summed E-state index contributed by atoms with van der Waals surface area (Å²) in [7, 11) is 0. The molecule has 138 valence electrons. The topological polar surface area (TPSA) is 68.0 Å². The highest BCUT2D eigenvalue weighted by Crippen LogP contribution is 2.25. The van der Waals surface area contributed by atoms with Crippen LogP contribution in [-0.4, -0.2) is 15.9 Å². The van der Waals surface area contributed by atoms with Crippen LogP contribution >= 0.6 is 0 Å². The smallest absolute Gasteiger partial charge is 0.232 e. The summed E-state index contributed by atoms with van der Waals surface area (Å²) in [4.78, 5) is 21.9. The number of hydrogen-bond donors (Lipinski definition) is 1. The molecule has 0 spiro atoms. The molecule has 0 unspecified atom stereocenters. The summed E-state index contributed by atoms with van der Waals surface area (Å²) in [5, 5.41) is 3.02. The zero-order valence-corrected chi connectivity index (χ0v) is 15.2. The van der Waals surface area contributed by atoms with Gasteiger partial charge in [-0.2, -0.15) is 0 Å². The molecule has 4 aromatic rings. The van der Waals surface area contributed by atoms with Gasteiger partial charge in [0.15, 0.2) is 5.76 Å². The van der Waals surface area contributed by atoms with Crippen LogP contribution in [-0.2, 0) is 11.3 Å². The number of carbonyl (C=O) groups excluding carboxylic acids is 1. The van der Waals surface area contributed by atoms with E-state index in [9.17, 15) is 4.79 Å². The van der Waals surface area contributed by atoms with Crippen molar-refractivity contribution in [2.45, 2.75) is 12.5 Å². The van der Waals surface area contributed by atoms with Gasteiger partial charge in [0.25, 0.3) is 0 Å². The Hall–Kier alpha value is -3.73. The second-order valence-electron chi connectivity index (χ2n) is 6.30.